The Morgan fingerprint density at radius 3 is 2.76 bits per heavy atom. The third-order valence-electron chi connectivity index (χ3n) is 5.73. The van der Waals surface area contributed by atoms with Gasteiger partial charge < -0.3 is 4.74 Å². The third kappa shape index (κ3) is 4.58. The minimum atomic E-state index is -3.65. The van der Waals surface area contributed by atoms with Crippen molar-refractivity contribution in [3.63, 3.8) is 0 Å². The summed E-state index contributed by atoms with van der Waals surface area (Å²) in [5.41, 5.74) is 2.38. The fourth-order valence-electron chi connectivity index (χ4n) is 3.95. The number of carbonyl (C=O) groups is 1. The number of hydrogen-bond donors (Lipinski definition) is 1. The van der Waals surface area contributed by atoms with Crippen molar-refractivity contribution in [1.29, 1.82) is 0 Å². The molecule has 3 aromatic rings. The molecule has 10 heteroatoms. The Kier molecular flexibility index (Phi) is 6.28. The molecule has 7 nitrogen and oxygen atoms in total. The molecule has 172 valence electrons. The fraction of sp³-hybridized carbons (Fsp3) is 0.304. The number of likely N-dealkylation sites (N-methyl/N-ethyl adjacent to an activating group) is 1. The van der Waals surface area contributed by atoms with E-state index in [4.69, 9.17) is 4.74 Å². The molecule has 3 heterocycles. The van der Waals surface area contributed by atoms with Gasteiger partial charge in [-0.2, -0.15) is 4.31 Å². The van der Waals surface area contributed by atoms with Gasteiger partial charge in [-0.25, -0.2) is 13.4 Å². The molecule has 2 aromatic carbocycles. The second-order valence-corrected chi connectivity index (χ2v) is 12.1. The summed E-state index contributed by atoms with van der Waals surface area (Å²) in [6.07, 6.45) is 1.75. The molecule has 1 saturated heterocycles. The second-order valence-electron chi connectivity index (χ2n) is 7.97. The molecule has 0 bridgehead atoms. The van der Waals surface area contributed by atoms with Crippen molar-refractivity contribution in [2.45, 2.75) is 34.5 Å². The van der Waals surface area contributed by atoms with E-state index in [-0.39, 0.29) is 16.9 Å². The van der Waals surface area contributed by atoms with Gasteiger partial charge in [0, 0.05) is 46.9 Å². The second kappa shape index (κ2) is 9.19. The van der Waals surface area contributed by atoms with Crippen LogP contribution in [0.1, 0.15) is 28.1 Å². The van der Waals surface area contributed by atoms with Gasteiger partial charge in [0.15, 0.2) is 5.13 Å². The number of carbonyl (C=O) groups excluding carboxylic acids is 1. The Bertz CT molecular complexity index is 1280. The molecule has 0 spiro atoms. The van der Waals surface area contributed by atoms with Crippen molar-refractivity contribution in [2.75, 3.05) is 25.5 Å². The van der Waals surface area contributed by atoms with E-state index < -0.39 is 10.0 Å². The largest absolute Gasteiger partial charge is 0.377 e. The summed E-state index contributed by atoms with van der Waals surface area (Å²) in [5.74, 6) is 0.505. The fourth-order valence-corrected chi connectivity index (χ4v) is 7.25. The van der Waals surface area contributed by atoms with Gasteiger partial charge in [-0.05, 0) is 43.2 Å². The van der Waals surface area contributed by atoms with Crippen LogP contribution in [0.5, 0.6) is 0 Å². The number of hydrogen-bond acceptors (Lipinski definition) is 7. The van der Waals surface area contributed by atoms with Crippen LogP contribution in [0.4, 0.5) is 5.13 Å². The lowest BCUT2D eigenvalue weighted by molar-refractivity contribution is 0.0979. The predicted octanol–water partition coefficient (Wildman–Crippen LogP) is 4.47. The minimum Gasteiger partial charge on any atom is -0.377 e. The molecule has 5 rings (SSSR count). The number of thioether (sulfide) groups is 1. The van der Waals surface area contributed by atoms with Crippen molar-refractivity contribution in [3.8, 4) is 11.3 Å². The van der Waals surface area contributed by atoms with Gasteiger partial charge in [-0.3, -0.25) is 10.1 Å². The summed E-state index contributed by atoms with van der Waals surface area (Å²) in [5, 5.41) is 3.40. The molecule has 1 aromatic heterocycles. The smallest absolute Gasteiger partial charge is 0.257 e. The average Bonchev–Trinajstić information content (AvgIpc) is 3.48. The Hall–Kier alpha value is -2.24. The van der Waals surface area contributed by atoms with E-state index in [0.29, 0.717) is 23.8 Å². The zero-order valence-corrected chi connectivity index (χ0v) is 20.4. The van der Waals surface area contributed by atoms with Crippen LogP contribution in [0, 0.1) is 0 Å². The van der Waals surface area contributed by atoms with Crippen LogP contribution in [0.2, 0.25) is 0 Å². The van der Waals surface area contributed by atoms with Crippen molar-refractivity contribution >= 4 is 44.2 Å². The highest BCUT2D eigenvalue weighted by atomic mass is 32.2. The molecular formula is C23H23N3O4S3. The first-order chi connectivity index (χ1) is 15.9. The van der Waals surface area contributed by atoms with Crippen LogP contribution in [-0.4, -0.2) is 49.9 Å². The average molecular weight is 502 g/mol. The quantitative estimate of drug-likeness (QED) is 0.536. The van der Waals surface area contributed by atoms with Crippen molar-refractivity contribution in [1.82, 2.24) is 9.29 Å². The van der Waals surface area contributed by atoms with Gasteiger partial charge in [0.2, 0.25) is 10.0 Å². The molecule has 1 N–H and O–H groups in total. The number of anilines is 1. The summed E-state index contributed by atoms with van der Waals surface area (Å²) in [7, 11) is -2.10. The summed E-state index contributed by atoms with van der Waals surface area (Å²) in [6, 6.07) is 14.1. The van der Waals surface area contributed by atoms with E-state index in [1.54, 1.807) is 18.8 Å². The standard InChI is InChI=1S/C23H23N3O4S3/c1-26(13-16-5-4-12-30-16)33(28,29)17-10-8-15(9-11-17)22(27)25-23-24-21-18-6-2-3-7-19(18)31-14-20(21)32-23/h2-3,6-11,16H,4-5,12-14H2,1H3,(H,24,25,27). The minimum absolute atomic E-state index is 0.0655. The van der Waals surface area contributed by atoms with Gasteiger partial charge in [-0.15, -0.1) is 23.1 Å². The van der Waals surface area contributed by atoms with Crippen LogP contribution in [0.25, 0.3) is 11.3 Å². The highest BCUT2D eigenvalue weighted by Gasteiger charge is 2.26. The molecule has 1 atom stereocenters. The molecule has 2 aliphatic rings. The number of amides is 1. The number of ether oxygens (including phenoxy) is 1. The predicted molar refractivity (Wildman–Crippen MR) is 130 cm³/mol. The zero-order chi connectivity index (χ0) is 23.0. The maximum Gasteiger partial charge on any atom is 0.257 e. The van der Waals surface area contributed by atoms with E-state index in [2.05, 4.69) is 16.4 Å². The van der Waals surface area contributed by atoms with E-state index in [9.17, 15) is 13.2 Å². The number of aromatic nitrogens is 1. The van der Waals surface area contributed by atoms with Gasteiger partial charge in [0.25, 0.3) is 5.91 Å². The Balaban J connectivity index is 1.28. The lowest BCUT2D eigenvalue weighted by atomic mass is 10.1. The highest BCUT2D eigenvalue weighted by molar-refractivity contribution is 7.98. The highest BCUT2D eigenvalue weighted by Crippen LogP contribution is 2.44. The molecule has 1 unspecified atom stereocenters. The molecule has 2 aliphatic heterocycles. The molecule has 0 saturated carbocycles. The van der Waals surface area contributed by atoms with Crippen LogP contribution >= 0.6 is 23.1 Å². The molecule has 1 fully saturated rings. The van der Waals surface area contributed by atoms with E-state index in [1.807, 2.05) is 18.2 Å². The van der Waals surface area contributed by atoms with E-state index >= 15 is 0 Å². The number of nitrogens with zero attached hydrogens (tertiary/aromatic N) is 2. The van der Waals surface area contributed by atoms with Crippen molar-refractivity contribution < 1.29 is 17.9 Å². The first kappa shape index (κ1) is 22.5. The summed E-state index contributed by atoms with van der Waals surface area (Å²) in [4.78, 5) is 19.9. The Labute approximate surface area is 201 Å². The topological polar surface area (TPSA) is 88.6 Å². The van der Waals surface area contributed by atoms with Crippen LogP contribution in [0.15, 0.2) is 58.3 Å². The summed E-state index contributed by atoms with van der Waals surface area (Å²) >= 11 is 3.23. The van der Waals surface area contributed by atoms with E-state index in [1.165, 1.54) is 44.8 Å². The summed E-state index contributed by atoms with van der Waals surface area (Å²) < 4.78 is 32.6. The number of sulfonamides is 1. The molecule has 0 aliphatic carbocycles. The summed E-state index contributed by atoms with van der Waals surface area (Å²) in [6.45, 7) is 0.997. The maximum atomic E-state index is 12.9. The third-order valence-corrected chi connectivity index (χ3v) is 9.82. The number of benzene rings is 2. The normalized spacial score (nSPS) is 17.6. The monoisotopic (exact) mass is 501 g/mol. The Morgan fingerprint density at radius 2 is 2.00 bits per heavy atom. The number of fused-ring (bicyclic) bond motifs is 3. The number of nitrogens with one attached hydrogen (secondary N) is 1. The lowest BCUT2D eigenvalue weighted by Crippen LogP contribution is -2.34. The van der Waals surface area contributed by atoms with Crippen molar-refractivity contribution in [2.24, 2.45) is 0 Å². The van der Waals surface area contributed by atoms with Crippen LogP contribution < -0.4 is 5.32 Å². The van der Waals surface area contributed by atoms with Crippen LogP contribution in [-0.2, 0) is 20.5 Å². The Morgan fingerprint density at radius 1 is 1.21 bits per heavy atom. The first-order valence-electron chi connectivity index (χ1n) is 10.6. The van der Waals surface area contributed by atoms with Gasteiger partial charge >= 0.3 is 0 Å². The SMILES string of the molecule is CN(CC1CCCO1)S(=O)(=O)c1ccc(C(=O)Nc2nc3c(s2)CSc2ccccc2-3)cc1. The van der Waals surface area contributed by atoms with Crippen LogP contribution in [0.3, 0.4) is 0 Å². The zero-order valence-electron chi connectivity index (χ0n) is 18.0. The van der Waals surface area contributed by atoms with Gasteiger partial charge in [0.1, 0.15) is 0 Å². The number of thiazole rings is 1. The first-order valence-corrected chi connectivity index (χ1v) is 13.9. The molecule has 0 radical (unpaired) electrons. The van der Waals surface area contributed by atoms with Crippen molar-refractivity contribution in [3.05, 3.63) is 59.0 Å². The van der Waals surface area contributed by atoms with E-state index in [0.717, 1.165) is 34.7 Å². The molecule has 33 heavy (non-hydrogen) atoms. The molecule has 1 amide bonds. The maximum absolute atomic E-state index is 12.9. The lowest BCUT2D eigenvalue weighted by Gasteiger charge is -2.20. The number of rotatable bonds is 6. The molecular weight excluding hydrogens is 478 g/mol. The van der Waals surface area contributed by atoms with Gasteiger partial charge in [-0.1, -0.05) is 18.2 Å². The van der Waals surface area contributed by atoms with Gasteiger partial charge in [0.05, 0.1) is 16.7 Å².